The summed E-state index contributed by atoms with van der Waals surface area (Å²) in [5.41, 5.74) is 1.59. The van der Waals surface area contributed by atoms with Crippen LogP contribution in [0.4, 0.5) is 0 Å². The van der Waals surface area contributed by atoms with Crippen molar-refractivity contribution in [2.24, 2.45) is 5.92 Å². The fourth-order valence-electron chi connectivity index (χ4n) is 4.14. The molecule has 0 aliphatic carbocycles. The van der Waals surface area contributed by atoms with Crippen LogP contribution >= 0.6 is 0 Å². The summed E-state index contributed by atoms with van der Waals surface area (Å²) in [6, 6.07) is 6.39. The van der Waals surface area contributed by atoms with E-state index >= 15 is 0 Å². The van der Waals surface area contributed by atoms with Crippen molar-refractivity contribution in [3.8, 4) is 0 Å². The SMILES string of the molecule is C[C@@H](C1CCN(C(=O)c2cnn3ccccc23)CC1)N1CCOCC1. The smallest absolute Gasteiger partial charge is 0.257 e. The molecular formula is C19H26N4O2. The van der Waals surface area contributed by atoms with Crippen LogP contribution in [-0.2, 0) is 4.74 Å². The van der Waals surface area contributed by atoms with E-state index in [-0.39, 0.29) is 5.91 Å². The van der Waals surface area contributed by atoms with Crippen LogP contribution in [0.15, 0.2) is 30.6 Å². The fourth-order valence-corrected chi connectivity index (χ4v) is 4.14. The minimum absolute atomic E-state index is 0.110. The average molecular weight is 342 g/mol. The maximum atomic E-state index is 12.9. The van der Waals surface area contributed by atoms with Crippen molar-refractivity contribution in [1.82, 2.24) is 19.4 Å². The lowest BCUT2D eigenvalue weighted by molar-refractivity contribution is -0.000938. The summed E-state index contributed by atoms with van der Waals surface area (Å²) in [6.07, 6.45) is 5.72. The molecule has 25 heavy (non-hydrogen) atoms. The normalized spacial score (nSPS) is 21.6. The van der Waals surface area contributed by atoms with Crippen LogP contribution in [0.25, 0.3) is 5.52 Å². The number of ether oxygens (including phenoxy) is 1. The van der Waals surface area contributed by atoms with Crippen LogP contribution in [0, 0.1) is 5.92 Å². The Kier molecular flexibility index (Phi) is 4.72. The molecule has 2 aliphatic heterocycles. The highest BCUT2D eigenvalue weighted by Gasteiger charge is 2.31. The monoisotopic (exact) mass is 342 g/mol. The van der Waals surface area contributed by atoms with E-state index in [4.69, 9.17) is 4.74 Å². The van der Waals surface area contributed by atoms with E-state index in [1.807, 2.05) is 29.3 Å². The maximum absolute atomic E-state index is 12.9. The minimum Gasteiger partial charge on any atom is -0.379 e. The molecule has 6 nitrogen and oxygen atoms in total. The molecule has 2 aliphatic rings. The highest BCUT2D eigenvalue weighted by atomic mass is 16.5. The van der Waals surface area contributed by atoms with E-state index in [1.165, 1.54) is 0 Å². The average Bonchev–Trinajstić information content (AvgIpc) is 3.12. The zero-order valence-corrected chi connectivity index (χ0v) is 14.8. The molecule has 2 saturated heterocycles. The van der Waals surface area contributed by atoms with Gasteiger partial charge in [0.15, 0.2) is 0 Å². The number of hydrogen-bond donors (Lipinski definition) is 0. The molecule has 1 amide bonds. The van der Waals surface area contributed by atoms with Gasteiger partial charge in [-0.25, -0.2) is 4.52 Å². The molecule has 6 heteroatoms. The third kappa shape index (κ3) is 3.28. The Hall–Kier alpha value is -1.92. The van der Waals surface area contributed by atoms with Gasteiger partial charge in [-0.3, -0.25) is 9.69 Å². The number of rotatable bonds is 3. The first-order valence-electron chi connectivity index (χ1n) is 9.27. The number of nitrogens with zero attached hydrogens (tertiary/aromatic N) is 4. The molecule has 134 valence electrons. The van der Waals surface area contributed by atoms with E-state index in [0.717, 1.165) is 57.8 Å². The summed E-state index contributed by atoms with van der Waals surface area (Å²) in [4.78, 5) is 17.4. The number of likely N-dealkylation sites (tertiary alicyclic amines) is 1. The Bertz CT molecular complexity index is 730. The molecule has 0 aromatic carbocycles. The number of pyridine rings is 1. The Morgan fingerprint density at radius 1 is 1.20 bits per heavy atom. The number of amides is 1. The number of piperidine rings is 1. The lowest BCUT2D eigenvalue weighted by Gasteiger charge is -2.41. The summed E-state index contributed by atoms with van der Waals surface area (Å²) in [6.45, 7) is 7.75. The molecule has 0 N–H and O–H groups in total. The van der Waals surface area contributed by atoms with E-state index in [1.54, 1.807) is 10.7 Å². The molecule has 1 atom stereocenters. The molecule has 0 radical (unpaired) electrons. The van der Waals surface area contributed by atoms with Crippen molar-refractivity contribution >= 4 is 11.4 Å². The second-order valence-corrected chi connectivity index (χ2v) is 7.11. The zero-order chi connectivity index (χ0) is 17.2. The summed E-state index contributed by atoms with van der Waals surface area (Å²) in [5, 5.41) is 4.29. The van der Waals surface area contributed by atoms with Gasteiger partial charge in [-0.1, -0.05) is 6.07 Å². The molecule has 0 saturated carbocycles. The molecule has 2 fully saturated rings. The van der Waals surface area contributed by atoms with Gasteiger partial charge in [0.25, 0.3) is 5.91 Å². The van der Waals surface area contributed by atoms with E-state index in [2.05, 4.69) is 16.9 Å². The first-order valence-corrected chi connectivity index (χ1v) is 9.27. The Morgan fingerprint density at radius 3 is 2.72 bits per heavy atom. The highest BCUT2D eigenvalue weighted by Crippen LogP contribution is 2.26. The van der Waals surface area contributed by atoms with Gasteiger partial charge < -0.3 is 9.64 Å². The maximum Gasteiger partial charge on any atom is 0.257 e. The van der Waals surface area contributed by atoms with E-state index in [9.17, 15) is 4.79 Å². The van der Waals surface area contributed by atoms with Crippen molar-refractivity contribution in [3.05, 3.63) is 36.2 Å². The van der Waals surface area contributed by atoms with Crippen LogP contribution in [0.5, 0.6) is 0 Å². The van der Waals surface area contributed by atoms with Crippen LogP contribution in [0.1, 0.15) is 30.1 Å². The second-order valence-electron chi connectivity index (χ2n) is 7.11. The van der Waals surface area contributed by atoms with Crippen molar-refractivity contribution < 1.29 is 9.53 Å². The van der Waals surface area contributed by atoms with E-state index < -0.39 is 0 Å². The van der Waals surface area contributed by atoms with Gasteiger partial charge in [-0.05, 0) is 37.8 Å². The molecule has 0 unspecified atom stereocenters. The molecule has 0 spiro atoms. The summed E-state index contributed by atoms with van der Waals surface area (Å²) < 4.78 is 7.22. The predicted molar refractivity (Wildman–Crippen MR) is 95.7 cm³/mol. The summed E-state index contributed by atoms with van der Waals surface area (Å²) >= 11 is 0. The number of carbonyl (C=O) groups excluding carboxylic acids is 1. The topological polar surface area (TPSA) is 50.1 Å². The molecule has 4 heterocycles. The van der Waals surface area contributed by atoms with E-state index in [0.29, 0.717) is 17.5 Å². The highest BCUT2D eigenvalue weighted by molar-refractivity contribution is 6.00. The third-order valence-corrected chi connectivity index (χ3v) is 5.79. The number of fused-ring (bicyclic) bond motifs is 1. The van der Waals surface area contributed by atoms with Crippen molar-refractivity contribution in [2.75, 3.05) is 39.4 Å². The number of morpholine rings is 1. The quantitative estimate of drug-likeness (QED) is 0.855. The first kappa shape index (κ1) is 16.5. The number of carbonyl (C=O) groups is 1. The van der Waals surface area contributed by atoms with Crippen molar-refractivity contribution in [2.45, 2.75) is 25.8 Å². The Labute approximate surface area is 148 Å². The molecule has 2 aromatic rings. The number of aromatic nitrogens is 2. The second kappa shape index (κ2) is 7.14. The summed E-state index contributed by atoms with van der Waals surface area (Å²) in [5.74, 6) is 0.768. The van der Waals surface area contributed by atoms with Gasteiger partial charge in [-0.15, -0.1) is 0 Å². The first-order chi connectivity index (χ1) is 12.2. The minimum atomic E-state index is 0.110. The van der Waals surface area contributed by atoms with Gasteiger partial charge >= 0.3 is 0 Å². The van der Waals surface area contributed by atoms with Gasteiger partial charge in [0.1, 0.15) is 0 Å². The van der Waals surface area contributed by atoms with Crippen molar-refractivity contribution in [3.63, 3.8) is 0 Å². The van der Waals surface area contributed by atoms with Gasteiger partial charge in [0, 0.05) is 38.4 Å². The third-order valence-electron chi connectivity index (χ3n) is 5.79. The van der Waals surface area contributed by atoms with Crippen LogP contribution in [-0.4, -0.2) is 70.8 Å². The zero-order valence-electron chi connectivity index (χ0n) is 14.8. The fraction of sp³-hybridized carbons (Fsp3) is 0.579. The molecule has 0 bridgehead atoms. The van der Waals surface area contributed by atoms with Gasteiger partial charge in [0.05, 0.1) is 30.5 Å². The van der Waals surface area contributed by atoms with Gasteiger partial charge in [0.2, 0.25) is 0 Å². The summed E-state index contributed by atoms with van der Waals surface area (Å²) in [7, 11) is 0. The van der Waals surface area contributed by atoms with Crippen LogP contribution in [0.2, 0.25) is 0 Å². The molecule has 4 rings (SSSR count). The molecular weight excluding hydrogens is 316 g/mol. The Balaban J connectivity index is 1.39. The van der Waals surface area contributed by atoms with Crippen molar-refractivity contribution in [1.29, 1.82) is 0 Å². The lowest BCUT2D eigenvalue weighted by atomic mass is 9.89. The predicted octanol–water partition coefficient (Wildman–Crippen LogP) is 1.91. The van der Waals surface area contributed by atoms with Gasteiger partial charge in [-0.2, -0.15) is 5.10 Å². The number of hydrogen-bond acceptors (Lipinski definition) is 4. The van der Waals surface area contributed by atoms with Crippen LogP contribution in [0.3, 0.4) is 0 Å². The largest absolute Gasteiger partial charge is 0.379 e. The molecule has 2 aromatic heterocycles. The standard InChI is InChI=1S/C19H26N4O2/c1-15(21-10-12-25-13-11-21)16-5-8-22(9-6-16)19(24)17-14-20-23-7-3-2-4-18(17)23/h2-4,7,14-16H,5-6,8-13H2,1H3/t15-/m0/s1. The lowest BCUT2D eigenvalue weighted by Crippen LogP contribution is -2.49. The van der Waals surface area contributed by atoms with Crippen LogP contribution < -0.4 is 0 Å². The Morgan fingerprint density at radius 2 is 1.96 bits per heavy atom.